The SMILES string of the molecule is O=c1ccc(N2CCCCC2CNc2cc(=O)n3ccccc3n2)nn1C1CCCC1O. The van der Waals surface area contributed by atoms with Crippen molar-refractivity contribution in [2.75, 3.05) is 23.3 Å². The van der Waals surface area contributed by atoms with Crippen LogP contribution in [0.5, 0.6) is 0 Å². The Morgan fingerprint density at radius 3 is 2.78 bits per heavy atom. The van der Waals surface area contributed by atoms with Crippen molar-refractivity contribution in [2.24, 2.45) is 0 Å². The minimum Gasteiger partial charge on any atom is -0.391 e. The fraction of sp³-hybridized carbons (Fsp3) is 0.478. The second kappa shape index (κ2) is 8.74. The van der Waals surface area contributed by atoms with E-state index >= 15 is 0 Å². The van der Waals surface area contributed by atoms with E-state index in [2.05, 4.69) is 20.3 Å². The molecule has 3 aromatic heterocycles. The van der Waals surface area contributed by atoms with E-state index in [9.17, 15) is 14.7 Å². The topological polar surface area (TPSA) is 105 Å². The van der Waals surface area contributed by atoms with Crippen LogP contribution >= 0.6 is 0 Å². The highest BCUT2D eigenvalue weighted by Crippen LogP contribution is 2.29. The summed E-state index contributed by atoms with van der Waals surface area (Å²) >= 11 is 0. The third-order valence-corrected chi connectivity index (χ3v) is 6.58. The zero-order valence-corrected chi connectivity index (χ0v) is 17.9. The van der Waals surface area contributed by atoms with E-state index in [0.717, 1.165) is 44.5 Å². The number of fused-ring (bicyclic) bond motifs is 1. The third kappa shape index (κ3) is 4.00. The van der Waals surface area contributed by atoms with Crippen molar-refractivity contribution in [2.45, 2.75) is 56.7 Å². The van der Waals surface area contributed by atoms with Gasteiger partial charge < -0.3 is 15.3 Å². The molecule has 0 amide bonds. The smallest absolute Gasteiger partial charge is 0.267 e. The van der Waals surface area contributed by atoms with Gasteiger partial charge in [-0.3, -0.25) is 14.0 Å². The standard InChI is InChI=1S/C23H28N6O3/c30-18-8-5-7-17(18)29-22(31)11-10-21(26-29)27-12-3-1-6-16(27)15-24-19-14-23(32)28-13-4-2-9-20(28)25-19/h2,4,9-11,13-14,16-18,24,30H,1,3,5-8,12,15H2. The van der Waals surface area contributed by atoms with E-state index in [-0.39, 0.29) is 23.2 Å². The number of nitrogens with one attached hydrogen (secondary N) is 1. The normalized spacial score (nSPS) is 23.5. The molecule has 32 heavy (non-hydrogen) atoms. The first kappa shape index (κ1) is 20.7. The van der Waals surface area contributed by atoms with Crippen LogP contribution in [0, 0.1) is 0 Å². The maximum atomic E-state index is 12.4. The fourth-order valence-electron chi connectivity index (χ4n) is 4.89. The number of hydrogen-bond donors (Lipinski definition) is 2. The van der Waals surface area contributed by atoms with E-state index in [1.165, 1.54) is 15.1 Å². The Labute approximate surface area is 185 Å². The number of anilines is 2. The summed E-state index contributed by atoms with van der Waals surface area (Å²) in [6, 6.07) is 10.2. The van der Waals surface area contributed by atoms with Gasteiger partial charge >= 0.3 is 0 Å². The van der Waals surface area contributed by atoms with Gasteiger partial charge in [0.05, 0.1) is 12.1 Å². The van der Waals surface area contributed by atoms with Crippen LogP contribution < -0.4 is 21.3 Å². The number of aliphatic hydroxyl groups is 1. The molecule has 2 N–H and O–H groups in total. The molecular formula is C23H28N6O3. The number of piperidine rings is 1. The molecular weight excluding hydrogens is 408 g/mol. The van der Waals surface area contributed by atoms with Gasteiger partial charge in [0.2, 0.25) is 0 Å². The Morgan fingerprint density at radius 1 is 1.03 bits per heavy atom. The maximum Gasteiger partial charge on any atom is 0.267 e. The van der Waals surface area contributed by atoms with Crippen LogP contribution in [0.2, 0.25) is 0 Å². The molecule has 2 aliphatic rings. The predicted molar refractivity (Wildman–Crippen MR) is 122 cm³/mol. The van der Waals surface area contributed by atoms with E-state index in [0.29, 0.717) is 24.4 Å². The van der Waals surface area contributed by atoms with Crippen LogP contribution in [-0.4, -0.2) is 49.5 Å². The fourth-order valence-corrected chi connectivity index (χ4v) is 4.89. The average Bonchev–Trinajstić information content (AvgIpc) is 3.24. The largest absolute Gasteiger partial charge is 0.391 e. The molecule has 0 radical (unpaired) electrons. The Hall–Kier alpha value is -3.20. The molecule has 1 aliphatic heterocycles. The molecule has 1 aliphatic carbocycles. The van der Waals surface area contributed by atoms with Crippen LogP contribution in [0.4, 0.5) is 11.6 Å². The quantitative estimate of drug-likeness (QED) is 0.628. The molecule has 3 unspecified atom stereocenters. The van der Waals surface area contributed by atoms with Gasteiger partial charge in [0.1, 0.15) is 17.3 Å². The van der Waals surface area contributed by atoms with Gasteiger partial charge in [-0.1, -0.05) is 6.07 Å². The zero-order valence-electron chi connectivity index (χ0n) is 17.9. The van der Waals surface area contributed by atoms with Gasteiger partial charge in [0, 0.05) is 37.5 Å². The molecule has 0 bridgehead atoms. The Bertz CT molecular complexity index is 1220. The lowest BCUT2D eigenvalue weighted by Gasteiger charge is -2.37. The van der Waals surface area contributed by atoms with Gasteiger partial charge in [0.15, 0.2) is 0 Å². The maximum absolute atomic E-state index is 12.4. The van der Waals surface area contributed by atoms with Crippen molar-refractivity contribution >= 4 is 17.3 Å². The summed E-state index contributed by atoms with van der Waals surface area (Å²) in [5.41, 5.74) is 0.307. The first-order valence-corrected chi connectivity index (χ1v) is 11.4. The summed E-state index contributed by atoms with van der Waals surface area (Å²) < 4.78 is 2.99. The average molecular weight is 437 g/mol. The second-order valence-electron chi connectivity index (χ2n) is 8.67. The highest BCUT2D eigenvalue weighted by atomic mass is 16.3. The van der Waals surface area contributed by atoms with Crippen molar-refractivity contribution in [1.82, 2.24) is 19.2 Å². The minimum absolute atomic E-state index is 0.123. The van der Waals surface area contributed by atoms with Crippen LogP contribution in [0.15, 0.2) is 52.2 Å². The highest BCUT2D eigenvalue weighted by Gasteiger charge is 2.30. The van der Waals surface area contributed by atoms with Crippen LogP contribution in [0.1, 0.15) is 44.6 Å². The molecule has 0 spiro atoms. The molecule has 9 nitrogen and oxygen atoms in total. The first-order chi connectivity index (χ1) is 15.6. The lowest BCUT2D eigenvalue weighted by atomic mass is 10.0. The zero-order chi connectivity index (χ0) is 22.1. The molecule has 4 heterocycles. The molecule has 168 valence electrons. The molecule has 1 saturated heterocycles. The Morgan fingerprint density at radius 2 is 1.94 bits per heavy atom. The summed E-state index contributed by atoms with van der Waals surface area (Å²) in [7, 11) is 0. The van der Waals surface area contributed by atoms with Gasteiger partial charge in [-0.2, -0.15) is 5.10 Å². The summed E-state index contributed by atoms with van der Waals surface area (Å²) in [5.74, 6) is 1.31. The number of rotatable bonds is 5. The lowest BCUT2D eigenvalue weighted by molar-refractivity contribution is 0.127. The van der Waals surface area contributed by atoms with Crippen molar-refractivity contribution in [1.29, 1.82) is 0 Å². The van der Waals surface area contributed by atoms with Crippen molar-refractivity contribution in [3.8, 4) is 0 Å². The monoisotopic (exact) mass is 436 g/mol. The summed E-state index contributed by atoms with van der Waals surface area (Å²) in [4.78, 5) is 31.6. The van der Waals surface area contributed by atoms with E-state index < -0.39 is 6.10 Å². The Kier molecular flexibility index (Phi) is 5.65. The predicted octanol–water partition coefficient (Wildman–Crippen LogP) is 1.81. The molecule has 5 rings (SSSR count). The summed E-state index contributed by atoms with van der Waals surface area (Å²) in [6.07, 6.45) is 6.71. The second-order valence-corrected chi connectivity index (χ2v) is 8.67. The third-order valence-electron chi connectivity index (χ3n) is 6.58. The van der Waals surface area contributed by atoms with Crippen LogP contribution in [0.3, 0.4) is 0 Å². The van der Waals surface area contributed by atoms with Crippen LogP contribution in [0.25, 0.3) is 5.65 Å². The van der Waals surface area contributed by atoms with Crippen molar-refractivity contribution in [3.63, 3.8) is 0 Å². The number of nitrogens with zero attached hydrogens (tertiary/aromatic N) is 5. The van der Waals surface area contributed by atoms with Crippen molar-refractivity contribution < 1.29 is 5.11 Å². The number of aliphatic hydroxyl groups excluding tert-OH is 1. The van der Waals surface area contributed by atoms with E-state index in [1.807, 2.05) is 12.1 Å². The molecule has 1 saturated carbocycles. The summed E-state index contributed by atoms with van der Waals surface area (Å²) in [5, 5.41) is 18.3. The summed E-state index contributed by atoms with van der Waals surface area (Å²) in [6.45, 7) is 1.46. The molecule has 0 aromatic carbocycles. The van der Waals surface area contributed by atoms with Gasteiger partial charge in [-0.05, 0) is 56.7 Å². The molecule has 3 atom stereocenters. The number of hydrogen-bond acceptors (Lipinski definition) is 7. The first-order valence-electron chi connectivity index (χ1n) is 11.4. The number of aromatic nitrogens is 4. The molecule has 3 aromatic rings. The van der Waals surface area contributed by atoms with Crippen LogP contribution in [-0.2, 0) is 0 Å². The van der Waals surface area contributed by atoms with E-state index in [1.54, 1.807) is 24.4 Å². The Balaban J connectivity index is 1.37. The minimum atomic E-state index is -0.521. The molecule has 2 fully saturated rings. The highest BCUT2D eigenvalue weighted by molar-refractivity contribution is 5.47. The number of pyridine rings is 1. The van der Waals surface area contributed by atoms with Gasteiger partial charge in [-0.15, -0.1) is 0 Å². The van der Waals surface area contributed by atoms with Gasteiger partial charge in [-0.25, -0.2) is 9.67 Å². The lowest BCUT2D eigenvalue weighted by Crippen LogP contribution is -2.45. The van der Waals surface area contributed by atoms with Gasteiger partial charge in [0.25, 0.3) is 11.1 Å². The molecule has 9 heteroatoms. The van der Waals surface area contributed by atoms with Crippen molar-refractivity contribution in [3.05, 3.63) is 63.3 Å². The van der Waals surface area contributed by atoms with E-state index in [4.69, 9.17) is 0 Å².